The Labute approximate surface area is 278 Å². The fourth-order valence-corrected chi connectivity index (χ4v) is 6.58. The monoisotopic (exact) mass is 663 g/mol. The molecular formula is C34H43N6O6S+. The summed E-state index contributed by atoms with van der Waals surface area (Å²) >= 11 is 1.13. The third kappa shape index (κ3) is 10.1. The van der Waals surface area contributed by atoms with Crippen molar-refractivity contribution < 1.29 is 33.3 Å². The number of ether oxygens (including phenoxy) is 1. The van der Waals surface area contributed by atoms with Gasteiger partial charge in [0.25, 0.3) is 0 Å². The van der Waals surface area contributed by atoms with Crippen LogP contribution in [-0.2, 0) is 43.8 Å². The van der Waals surface area contributed by atoms with E-state index in [9.17, 15) is 24.0 Å². The Morgan fingerprint density at radius 3 is 2.23 bits per heavy atom. The van der Waals surface area contributed by atoms with Gasteiger partial charge in [0.15, 0.2) is 12.4 Å². The van der Waals surface area contributed by atoms with E-state index < -0.39 is 41.8 Å². The molecule has 0 saturated heterocycles. The molecule has 1 aliphatic rings. The highest BCUT2D eigenvalue weighted by Crippen LogP contribution is 2.27. The minimum absolute atomic E-state index is 0.154. The van der Waals surface area contributed by atoms with E-state index in [1.165, 1.54) is 14.0 Å². The smallest absolute Gasteiger partial charge is 0.350 e. The van der Waals surface area contributed by atoms with Crippen LogP contribution in [0.4, 0.5) is 11.4 Å². The number of amides is 4. The molecule has 3 aromatic rings. The van der Waals surface area contributed by atoms with Crippen molar-refractivity contribution in [3.8, 4) is 0 Å². The van der Waals surface area contributed by atoms with Gasteiger partial charge in [-0.1, -0.05) is 31.4 Å². The van der Waals surface area contributed by atoms with E-state index in [1.807, 2.05) is 36.1 Å². The van der Waals surface area contributed by atoms with E-state index in [1.54, 1.807) is 35.7 Å². The molecule has 1 aromatic carbocycles. The van der Waals surface area contributed by atoms with Gasteiger partial charge in [-0.05, 0) is 54.0 Å². The van der Waals surface area contributed by atoms with E-state index in [-0.39, 0.29) is 35.2 Å². The third-order valence-corrected chi connectivity index (χ3v) is 9.08. The maximum Gasteiger partial charge on any atom is 0.350 e. The number of rotatable bonds is 13. The minimum Gasteiger partial charge on any atom is -0.465 e. The van der Waals surface area contributed by atoms with Crippen LogP contribution in [0.15, 0.2) is 60.2 Å². The summed E-state index contributed by atoms with van der Waals surface area (Å²) in [5, 5.41) is 13.0. The number of aromatic nitrogens is 1. The van der Waals surface area contributed by atoms with Crippen LogP contribution < -0.4 is 31.6 Å². The summed E-state index contributed by atoms with van der Waals surface area (Å²) in [5.41, 5.74) is 8.26. The van der Waals surface area contributed by atoms with Gasteiger partial charge < -0.3 is 31.7 Å². The fraction of sp³-hybridized carbons (Fsp3) is 0.412. The normalized spacial score (nSPS) is 15.0. The number of benzene rings is 1. The maximum atomic E-state index is 14.1. The van der Waals surface area contributed by atoms with E-state index in [0.717, 1.165) is 54.6 Å². The molecule has 0 bridgehead atoms. The average Bonchev–Trinajstić information content (AvgIpc) is 3.51. The van der Waals surface area contributed by atoms with Crippen LogP contribution >= 0.6 is 11.3 Å². The number of anilines is 2. The van der Waals surface area contributed by atoms with Crippen molar-refractivity contribution in [2.24, 2.45) is 13.0 Å². The van der Waals surface area contributed by atoms with Gasteiger partial charge in [0.05, 0.1) is 12.8 Å². The van der Waals surface area contributed by atoms with Gasteiger partial charge in [-0.15, -0.1) is 11.3 Å². The first-order valence-electron chi connectivity index (χ1n) is 15.7. The molecule has 1 fully saturated rings. The Balaban J connectivity index is 1.59. The number of carbonyl (C=O) groups excluding carboxylic acids is 5. The largest absolute Gasteiger partial charge is 0.465 e. The Morgan fingerprint density at radius 1 is 0.894 bits per heavy atom. The molecule has 4 rings (SSSR count). The molecule has 3 atom stereocenters. The molecular weight excluding hydrogens is 620 g/mol. The lowest BCUT2D eigenvalue weighted by Gasteiger charge is -2.32. The number of hydrogen-bond acceptors (Lipinski definition) is 8. The van der Waals surface area contributed by atoms with Crippen LogP contribution in [0.3, 0.4) is 0 Å². The van der Waals surface area contributed by atoms with Gasteiger partial charge in [0, 0.05) is 37.1 Å². The van der Waals surface area contributed by atoms with Gasteiger partial charge in [0.2, 0.25) is 23.6 Å². The SMILES string of the molecule is COC(=O)c1sccc1NC(=O)[C@H](Cc1ccc[n+](C)c1)NC(=O)[C@@H](NC(=O)[C@H](Cc1ccc(N)cc1)NC(C)=O)C1CCCCC1. The summed E-state index contributed by atoms with van der Waals surface area (Å²) < 4.78 is 6.69. The predicted molar refractivity (Wildman–Crippen MR) is 178 cm³/mol. The van der Waals surface area contributed by atoms with Gasteiger partial charge in [-0.2, -0.15) is 0 Å². The average molecular weight is 664 g/mol. The first-order valence-corrected chi connectivity index (χ1v) is 16.5. The first-order chi connectivity index (χ1) is 22.5. The standard InChI is InChI=1S/C34H42N6O6S/c1-21(41)36-27(18-22-11-13-25(35)14-12-22)32(43)39-29(24-9-5-4-6-10-24)33(44)38-28(19-23-8-7-16-40(2)20-23)31(42)37-26-15-17-47-30(26)34(45)46-3/h7-8,11-17,20,24,27-29H,4-6,9-10,18-19,35H2,1-3H3,(H3-,36,37,38,39,41,42,43,44,45)/p+1/t27-,28-,29-/m0/s1. The summed E-state index contributed by atoms with van der Waals surface area (Å²) in [6.45, 7) is 1.33. The molecule has 47 heavy (non-hydrogen) atoms. The van der Waals surface area contributed by atoms with Gasteiger partial charge >= 0.3 is 5.97 Å². The molecule has 4 amide bonds. The molecule has 0 aliphatic heterocycles. The number of nitrogens with two attached hydrogens (primary N) is 1. The van der Waals surface area contributed by atoms with Crippen molar-refractivity contribution in [3.05, 3.63) is 76.2 Å². The van der Waals surface area contributed by atoms with E-state index in [0.29, 0.717) is 5.69 Å². The van der Waals surface area contributed by atoms with Crippen LogP contribution in [0.25, 0.3) is 0 Å². The Bertz CT molecular complexity index is 1570. The van der Waals surface area contributed by atoms with E-state index in [4.69, 9.17) is 10.5 Å². The molecule has 250 valence electrons. The van der Waals surface area contributed by atoms with Crippen molar-refractivity contribution in [2.75, 3.05) is 18.2 Å². The Kier molecular flexibility index (Phi) is 12.5. The lowest BCUT2D eigenvalue weighted by Crippen LogP contribution is -2.59. The number of nitrogens with one attached hydrogen (secondary N) is 4. The summed E-state index contributed by atoms with van der Waals surface area (Å²) in [5.74, 6) is -2.66. The number of aryl methyl sites for hydroxylation is 1. The van der Waals surface area contributed by atoms with Gasteiger partial charge in [-0.25, -0.2) is 9.36 Å². The van der Waals surface area contributed by atoms with Crippen molar-refractivity contribution in [1.29, 1.82) is 0 Å². The highest BCUT2D eigenvalue weighted by atomic mass is 32.1. The third-order valence-electron chi connectivity index (χ3n) is 8.18. The summed E-state index contributed by atoms with van der Waals surface area (Å²) in [6.07, 6.45) is 8.36. The molecule has 2 aromatic heterocycles. The van der Waals surface area contributed by atoms with Gasteiger partial charge in [-0.3, -0.25) is 19.2 Å². The molecule has 2 heterocycles. The molecule has 1 aliphatic carbocycles. The molecule has 0 unspecified atom stereocenters. The lowest BCUT2D eigenvalue weighted by molar-refractivity contribution is -0.671. The second-order valence-corrected chi connectivity index (χ2v) is 12.8. The Hall–Kier alpha value is -4.78. The topological polar surface area (TPSA) is 173 Å². The second-order valence-electron chi connectivity index (χ2n) is 11.9. The second kappa shape index (κ2) is 16.7. The summed E-state index contributed by atoms with van der Waals surface area (Å²) in [4.78, 5) is 66.2. The van der Waals surface area contributed by atoms with E-state index >= 15 is 0 Å². The number of hydrogen-bond donors (Lipinski definition) is 5. The van der Waals surface area contributed by atoms with Crippen LogP contribution in [-0.4, -0.2) is 54.8 Å². The zero-order valence-electron chi connectivity index (χ0n) is 26.9. The number of carbonyl (C=O) groups is 5. The molecule has 0 radical (unpaired) electrons. The molecule has 13 heteroatoms. The molecule has 1 saturated carbocycles. The zero-order chi connectivity index (χ0) is 33.9. The number of nitrogen functional groups attached to an aromatic ring is 1. The predicted octanol–water partition coefficient (Wildman–Crippen LogP) is 2.42. The minimum atomic E-state index is -1.04. The van der Waals surface area contributed by atoms with Crippen molar-refractivity contribution in [3.63, 3.8) is 0 Å². The number of thiophene rings is 1. The number of pyridine rings is 1. The van der Waals surface area contributed by atoms with Gasteiger partial charge in [0.1, 0.15) is 30.1 Å². The summed E-state index contributed by atoms with van der Waals surface area (Å²) in [6, 6.07) is 9.39. The van der Waals surface area contributed by atoms with Crippen molar-refractivity contribution in [2.45, 2.75) is 70.0 Å². The molecule has 0 spiro atoms. The quantitative estimate of drug-likeness (QED) is 0.106. The van der Waals surface area contributed by atoms with Crippen molar-refractivity contribution >= 4 is 52.3 Å². The maximum absolute atomic E-state index is 14.1. The highest BCUT2D eigenvalue weighted by molar-refractivity contribution is 7.12. The number of methoxy groups -OCH3 is 1. The van der Waals surface area contributed by atoms with Crippen LogP contribution in [0.2, 0.25) is 0 Å². The number of esters is 1. The first kappa shape index (κ1) is 35.1. The fourth-order valence-electron chi connectivity index (χ4n) is 5.82. The Morgan fingerprint density at radius 2 is 1.57 bits per heavy atom. The number of nitrogens with zero attached hydrogens (tertiary/aromatic N) is 1. The molecule has 12 nitrogen and oxygen atoms in total. The lowest BCUT2D eigenvalue weighted by atomic mass is 9.83. The molecule has 6 N–H and O–H groups in total. The van der Waals surface area contributed by atoms with E-state index in [2.05, 4.69) is 21.3 Å². The van der Waals surface area contributed by atoms with Crippen molar-refractivity contribution in [1.82, 2.24) is 16.0 Å². The summed E-state index contributed by atoms with van der Waals surface area (Å²) in [7, 11) is 3.12. The van der Waals surface area contributed by atoms with Crippen LogP contribution in [0, 0.1) is 5.92 Å². The van der Waals surface area contributed by atoms with Crippen LogP contribution in [0.1, 0.15) is 59.8 Å². The highest BCUT2D eigenvalue weighted by Gasteiger charge is 2.35. The zero-order valence-corrected chi connectivity index (χ0v) is 27.7. The van der Waals surface area contributed by atoms with Crippen LogP contribution in [0.5, 0.6) is 0 Å².